The van der Waals surface area contributed by atoms with E-state index in [1.54, 1.807) is 29.6 Å². The lowest BCUT2D eigenvalue weighted by molar-refractivity contribution is -0.123. The number of alkyl halides is 3. The zero-order chi connectivity index (χ0) is 19.6. The number of methoxy groups -OCH3 is 1. The van der Waals surface area contributed by atoms with Gasteiger partial charge in [-0.15, -0.1) is 0 Å². The Morgan fingerprint density at radius 1 is 1.22 bits per heavy atom. The number of aromatic nitrogens is 3. The van der Waals surface area contributed by atoms with Crippen LogP contribution in [0.4, 0.5) is 13.2 Å². The highest BCUT2D eigenvalue weighted by Gasteiger charge is 2.29. The van der Waals surface area contributed by atoms with Crippen LogP contribution in [-0.4, -0.2) is 40.3 Å². The van der Waals surface area contributed by atoms with Crippen LogP contribution in [-0.2, 0) is 0 Å². The van der Waals surface area contributed by atoms with Gasteiger partial charge in [-0.3, -0.25) is 14.2 Å². The molecule has 0 bridgehead atoms. The number of benzene rings is 1. The standard InChI is InChI=1S/C17H13F3N4O3/c1-27-11-6-4-10(5-7-11)24-14-12(3-2-8-21-14)23-13(16(24)26)15(25)22-9-17(18,19)20/h2-8H,9H2,1H3,(H,22,25). The fraction of sp³-hybridized carbons (Fsp3) is 0.176. The fourth-order valence-corrected chi connectivity index (χ4v) is 2.40. The van der Waals surface area contributed by atoms with Gasteiger partial charge in [0.25, 0.3) is 11.5 Å². The first-order chi connectivity index (χ1) is 12.8. The van der Waals surface area contributed by atoms with Gasteiger partial charge < -0.3 is 10.1 Å². The summed E-state index contributed by atoms with van der Waals surface area (Å²) < 4.78 is 43.3. The molecule has 0 aliphatic carbocycles. The maximum absolute atomic E-state index is 12.8. The summed E-state index contributed by atoms with van der Waals surface area (Å²) >= 11 is 0. The van der Waals surface area contributed by atoms with Crippen LogP contribution in [0.15, 0.2) is 47.4 Å². The van der Waals surface area contributed by atoms with Crippen molar-refractivity contribution >= 4 is 17.1 Å². The minimum Gasteiger partial charge on any atom is -0.497 e. The smallest absolute Gasteiger partial charge is 0.405 e. The van der Waals surface area contributed by atoms with Crippen molar-refractivity contribution in [3.63, 3.8) is 0 Å². The number of amides is 1. The molecule has 1 aromatic carbocycles. The number of hydrogen-bond donors (Lipinski definition) is 1. The summed E-state index contributed by atoms with van der Waals surface area (Å²) in [5, 5.41) is 1.66. The molecule has 1 N–H and O–H groups in total. The Morgan fingerprint density at radius 3 is 2.56 bits per heavy atom. The van der Waals surface area contributed by atoms with E-state index in [4.69, 9.17) is 4.74 Å². The number of nitrogens with one attached hydrogen (secondary N) is 1. The number of nitrogens with zero attached hydrogens (tertiary/aromatic N) is 3. The molecule has 0 saturated carbocycles. The van der Waals surface area contributed by atoms with Crippen LogP contribution in [0.1, 0.15) is 10.5 Å². The molecule has 0 unspecified atom stereocenters. The van der Waals surface area contributed by atoms with E-state index < -0.39 is 29.9 Å². The third-order valence-corrected chi connectivity index (χ3v) is 3.61. The van der Waals surface area contributed by atoms with Gasteiger partial charge in [0.05, 0.1) is 12.8 Å². The van der Waals surface area contributed by atoms with Gasteiger partial charge in [0.15, 0.2) is 11.3 Å². The molecule has 2 aromatic heterocycles. The van der Waals surface area contributed by atoms with Crippen molar-refractivity contribution in [3.05, 3.63) is 58.6 Å². The van der Waals surface area contributed by atoms with Crippen molar-refractivity contribution < 1.29 is 22.7 Å². The predicted octanol–water partition coefficient (Wildman–Crippen LogP) is 2.08. The highest BCUT2D eigenvalue weighted by Crippen LogP contribution is 2.17. The van der Waals surface area contributed by atoms with Crippen LogP contribution in [0.3, 0.4) is 0 Å². The molecule has 27 heavy (non-hydrogen) atoms. The zero-order valence-corrected chi connectivity index (χ0v) is 13.9. The van der Waals surface area contributed by atoms with Crippen molar-refractivity contribution in [3.8, 4) is 11.4 Å². The third-order valence-electron chi connectivity index (χ3n) is 3.61. The summed E-state index contributed by atoms with van der Waals surface area (Å²) in [6.07, 6.45) is -3.17. The summed E-state index contributed by atoms with van der Waals surface area (Å²) in [5.74, 6) is -0.674. The molecule has 7 nitrogen and oxygen atoms in total. The normalized spacial score (nSPS) is 11.4. The second-order valence-corrected chi connectivity index (χ2v) is 5.44. The molecule has 0 radical (unpaired) electrons. The van der Waals surface area contributed by atoms with Crippen LogP contribution in [0.2, 0.25) is 0 Å². The molecule has 0 aliphatic rings. The number of fused-ring (bicyclic) bond motifs is 1. The van der Waals surface area contributed by atoms with E-state index in [0.717, 1.165) is 4.57 Å². The minimum atomic E-state index is -4.61. The molecular weight excluding hydrogens is 365 g/mol. The first-order valence-electron chi connectivity index (χ1n) is 7.67. The molecule has 0 saturated heterocycles. The van der Waals surface area contributed by atoms with Crippen LogP contribution >= 0.6 is 0 Å². The Labute approximate surface area is 150 Å². The van der Waals surface area contributed by atoms with E-state index in [2.05, 4.69) is 9.97 Å². The lowest BCUT2D eigenvalue weighted by Gasteiger charge is -2.12. The van der Waals surface area contributed by atoms with Crippen molar-refractivity contribution in [1.29, 1.82) is 0 Å². The average Bonchev–Trinajstić information content (AvgIpc) is 2.65. The lowest BCUT2D eigenvalue weighted by Crippen LogP contribution is -2.38. The summed E-state index contributed by atoms with van der Waals surface area (Å²) in [6, 6.07) is 9.36. The SMILES string of the molecule is COc1ccc(-n2c(=O)c(C(=O)NCC(F)(F)F)nc3cccnc32)cc1. The zero-order valence-electron chi connectivity index (χ0n) is 13.9. The van der Waals surface area contributed by atoms with Gasteiger partial charge in [-0.2, -0.15) is 13.2 Å². The van der Waals surface area contributed by atoms with E-state index >= 15 is 0 Å². The van der Waals surface area contributed by atoms with Gasteiger partial charge in [-0.05, 0) is 36.4 Å². The van der Waals surface area contributed by atoms with Crippen molar-refractivity contribution in [2.45, 2.75) is 6.18 Å². The van der Waals surface area contributed by atoms with E-state index in [-0.39, 0.29) is 11.2 Å². The Bertz CT molecular complexity index is 1050. The summed E-state index contributed by atoms with van der Waals surface area (Å²) in [4.78, 5) is 32.9. The minimum absolute atomic E-state index is 0.167. The van der Waals surface area contributed by atoms with E-state index in [1.807, 2.05) is 0 Å². The van der Waals surface area contributed by atoms with Crippen LogP contribution in [0, 0.1) is 0 Å². The van der Waals surface area contributed by atoms with Crippen LogP contribution in [0.25, 0.3) is 16.9 Å². The number of hydrogen-bond acceptors (Lipinski definition) is 5. The molecule has 0 spiro atoms. The average molecular weight is 378 g/mol. The second kappa shape index (κ2) is 7.06. The Kier molecular flexibility index (Phi) is 4.80. The first-order valence-corrected chi connectivity index (χ1v) is 7.67. The van der Waals surface area contributed by atoms with Crippen molar-refractivity contribution in [1.82, 2.24) is 19.9 Å². The van der Waals surface area contributed by atoms with Crippen molar-refractivity contribution in [2.24, 2.45) is 0 Å². The molecule has 0 fully saturated rings. The number of carbonyl (C=O) groups is 1. The van der Waals surface area contributed by atoms with Gasteiger partial charge in [0, 0.05) is 6.20 Å². The van der Waals surface area contributed by atoms with Gasteiger partial charge in [0.1, 0.15) is 17.8 Å². The summed E-state index contributed by atoms with van der Waals surface area (Å²) in [6.45, 7) is -1.57. The summed E-state index contributed by atoms with van der Waals surface area (Å²) in [5.41, 5.74) is -0.830. The second-order valence-electron chi connectivity index (χ2n) is 5.44. The highest BCUT2D eigenvalue weighted by molar-refractivity contribution is 5.93. The molecule has 10 heteroatoms. The number of rotatable bonds is 4. The van der Waals surface area contributed by atoms with Gasteiger partial charge in [-0.1, -0.05) is 0 Å². The van der Waals surface area contributed by atoms with E-state index in [0.29, 0.717) is 11.4 Å². The van der Waals surface area contributed by atoms with Crippen molar-refractivity contribution in [2.75, 3.05) is 13.7 Å². The van der Waals surface area contributed by atoms with Gasteiger partial charge in [-0.25, -0.2) is 9.97 Å². The number of carbonyl (C=O) groups excluding carboxylic acids is 1. The van der Waals surface area contributed by atoms with E-state index in [1.165, 1.54) is 25.4 Å². The third kappa shape index (κ3) is 3.89. The molecule has 3 rings (SSSR count). The maximum atomic E-state index is 12.8. The Morgan fingerprint density at radius 2 is 1.93 bits per heavy atom. The molecule has 140 valence electrons. The quantitative estimate of drug-likeness (QED) is 0.751. The lowest BCUT2D eigenvalue weighted by atomic mass is 10.2. The number of ether oxygens (including phenoxy) is 1. The maximum Gasteiger partial charge on any atom is 0.405 e. The molecular formula is C17H13F3N4O3. The summed E-state index contributed by atoms with van der Waals surface area (Å²) in [7, 11) is 1.48. The number of halogens is 3. The fourth-order valence-electron chi connectivity index (χ4n) is 2.40. The number of pyridine rings is 1. The molecule has 3 aromatic rings. The van der Waals surface area contributed by atoms with Crippen LogP contribution in [0.5, 0.6) is 5.75 Å². The predicted molar refractivity (Wildman–Crippen MR) is 90.1 cm³/mol. The van der Waals surface area contributed by atoms with Crippen LogP contribution < -0.4 is 15.6 Å². The Hall–Kier alpha value is -3.43. The molecule has 0 atom stereocenters. The monoisotopic (exact) mass is 378 g/mol. The van der Waals surface area contributed by atoms with Gasteiger partial charge in [0.2, 0.25) is 0 Å². The van der Waals surface area contributed by atoms with Gasteiger partial charge >= 0.3 is 6.18 Å². The molecule has 0 aliphatic heterocycles. The molecule has 1 amide bonds. The topological polar surface area (TPSA) is 86.1 Å². The molecule has 2 heterocycles. The highest BCUT2D eigenvalue weighted by atomic mass is 19.4. The van der Waals surface area contributed by atoms with E-state index in [9.17, 15) is 22.8 Å². The largest absolute Gasteiger partial charge is 0.497 e. The Balaban J connectivity index is 2.15. The first kappa shape index (κ1) is 18.4.